The first-order valence-corrected chi connectivity index (χ1v) is 7.27. The van der Waals surface area contributed by atoms with Gasteiger partial charge in [-0.1, -0.05) is 18.2 Å². The maximum atomic E-state index is 12.2. The van der Waals surface area contributed by atoms with E-state index in [-0.39, 0.29) is 11.9 Å². The highest BCUT2D eigenvalue weighted by Crippen LogP contribution is 2.30. The van der Waals surface area contributed by atoms with E-state index in [9.17, 15) is 9.90 Å². The van der Waals surface area contributed by atoms with Crippen LogP contribution in [-0.2, 0) is 4.79 Å². The highest BCUT2D eigenvalue weighted by molar-refractivity contribution is 5.93. The van der Waals surface area contributed by atoms with E-state index < -0.39 is 5.60 Å². The molecule has 1 saturated carbocycles. The summed E-state index contributed by atoms with van der Waals surface area (Å²) in [6.45, 7) is 2.56. The Morgan fingerprint density at radius 2 is 2.05 bits per heavy atom. The lowest BCUT2D eigenvalue weighted by Gasteiger charge is -2.37. The van der Waals surface area contributed by atoms with Crippen LogP contribution < -0.4 is 10.2 Å². The predicted octanol–water partition coefficient (Wildman–Crippen LogP) is 1.93. The summed E-state index contributed by atoms with van der Waals surface area (Å²) in [4.78, 5) is 13.9. The van der Waals surface area contributed by atoms with Crippen molar-refractivity contribution in [1.29, 1.82) is 0 Å². The van der Waals surface area contributed by atoms with Crippen LogP contribution in [0.2, 0.25) is 0 Å². The molecule has 2 rings (SSSR count). The average molecular weight is 276 g/mol. The summed E-state index contributed by atoms with van der Waals surface area (Å²) in [6.07, 6.45) is 3.26. The van der Waals surface area contributed by atoms with E-state index in [2.05, 4.69) is 5.32 Å². The summed E-state index contributed by atoms with van der Waals surface area (Å²) in [5.74, 6) is 0.0804. The molecule has 1 atom stereocenters. The molecule has 110 valence electrons. The molecule has 0 bridgehead atoms. The molecule has 0 saturated heterocycles. The first-order chi connectivity index (χ1) is 9.50. The van der Waals surface area contributed by atoms with Crippen LogP contribution in [0.25, 0.3) is 0 Å². The van der Waals surface area contributed by atoms with Crippen molar-refractivity contribution in [3.05, 3.63) is 30.3 Å². The largest absolute Gasteiger partial charge is 0.389 e. The van der Waals surface area contributed by atoms with E-state index >= 15 is 0 Å². The van der Waals surface area contributed by atoms with Gasteiger partial charge in [0.05, 0.1) is 5.60 Å². The lowest BCUT2D eigenvalue weighted by Crippen LogP contribution is -2.49. The fourth-order valence-electron chi connectivity index (χ4n) is 2.39. The molecule has 4 heteroatoms. The summed E-state index contributed by atoms with van der Waals surface area (Å²) in [5.41, 5.74) is 0.366. The van der Waals surface area contributed by atoms with Crippen molar-refractivity contribution in [2.75, 3.05) is 18.5 Å². The Hall–Kier alpha value is -1.39. The van der Waals surface area contributed by atoms with Gasteiger partial charge >= 0.3 is 0 Å². The Balaban J connectivity index is 1.78. The van der Waals surface area contributed by atoms with Crippen LogP contribution in [0.4, 0.5) is 5.69 Å². The van der Waals surface area contributed by atoms with E-state index in [4.69, 9.17) is 0 Å². The smallest absolute Gasteiger partial charge is 0.228 e. The maximum absolute atomic E-state index is 12.2. The molecule has 1 aromatic rings. The van der Waals surface area contributed by atoms with Crippen LogP contribution in [0, 0.1) is 0 Å². The first kappa shape index (κ1) is 15.0. The molecule has 20 heavy (non-hydrogen) atoms. The summed E-state index contributed by atoms with van der Waals surface area (Å²) < 4.78 is 0. The van der Waals surface area contributed by atoms with Crippen LogP contribution >= 0.6 is 0 Å². The molecule has 1 aliphatic carbocycles. The van der Waals surface area contributed by atoms with Gasteiger partial charge in [0.15, 0.2) is 0 Å². The number of para-hydroxylation sites is 1. The number of carbonyl (C=O) groups excluding carboxylic acids is 1. The van der Waals surface area contributed by atoms with Gasteiger partial charge < -0.3 is 15.3 Å². The zero-order valence-corrected chi connectivity index (χ0v) is 12.3. The second-order valence-corrected chi connectivity index (χ2v) is 5.85. The summed E-state index contributed by atoms with van der Waals surface area (Å²) in [6, 6.07) is 9.70. The number of rotatable bonds is 6. The summed E-state index contributed by atoms with van der Waals surface area (Å²) in [5, 5.41) is 13.3. The molecule has 0 spiro atoms. The number of hydrogen-bond acceptors (Lipinski definition) is 3. The molecule has 1 aromatic carbocycles. The number of hydrogen-bond donors (Lipinski definition) is 2. The van der Waals surface area contributed by atoms with Crippen molar-refractivity contribution < 1.29 is 9.90 Å². The fraction of sp³-hybridized carbons (Fsp3) is 0.562. The number of carbonyl (C=O) groups is 1. The molecule has 0 heterocycles. The predicted molar refractivity (Wildman–Crippen MR) is 80.7 cm³/mol. The van der Waals surface area contributed by atoms with Gasteiger partial charge in [-0.2, -0.15) is 0 Å². The molecular weight excluding hydrogens is 252 g/mol. The number of benzene rings is 1. The third kappa shape index (κ3) is 3.81. The minimum Gasteiger partial charge on any atom is -0.389 e. The van der Waals surface area contributed by atoms with Gasteiger partial charge in [0.25, 0.3) is 0 Å². The van der Waals surface area contributed by atoms with Gasteiger partial charge in [0, 0.05) is 31.7 Å². The van der Waals surface area contributed by atoms with E-state index in [1.165, 1.54) is 0 Å². The lowest BCUT2D eigenvalue weighted by atomic mass is 9.80. The maximum Gasteiger partial charge on any atom is 0.228 e. The van der Waals surface area contributed by atoms with Crippen LogP contribution in [0.5, 0.6) is 0 Å². The summed E-state index contributed by atoms with van der Waals surface area (Å²) in [7, 11) is 1.80. The van der Waals surface area contributed by atoms with Gasteiger partial charge in [-0.15, -0.1) is 0 Å². The molecule has 1 fully saturated rings. The number of nitrogens with one attached hydrogen (secondary N) is 1. The first-order valence-electron chi connectivity index (χ1n) is 7.27. The van der Waals surface area contributed by atoms with Gasteiger partial charge in [0.2, 0.25) is 5.91 Å². The molecule has 0 aromatic heterocycles. The highest BCUT2D eigenvalue weighted by atomic mass is 16.3. The number of anilines is 1. The van der Waals surface area contributed by atoms with E-state index in [0.29, 0.717) is 13.0 Å². The Kier molecular flexibility index (Phi) is 4.78. The Labute approximate surface area is 120 Å². The average Bonchev–Trinajstić information content (AvgIpc) is 2.43. The monoisotopic (exact) mass is 276 g/mol. The molecular formula is C16H24N2O2. The minimum absolute atomic E-state index is 0.0679. The van der Waals surface area contributed by atoms with Crippen LogP contribution in [0.15, 0.2) is 30.3 Å². The topological polar surface area (TPSA) is 52.6 Å². The van der Waals surface area contributed by atoms with Gasteiger partial charge in [-0.3, -0.25) is 4.79 Å². The van der Waals surface area contributed by atoms with Crippen molar-refractivity contribution in [2.24, 2.45) is 0 Å². The van der Waals surface area contributed by atoms with Crippen LogP contribution in [-0.4, -0.2) is 36.2 Å². The van der Waals surface area contributed by atoms with Crippen molar-refractivity contribution in [1.82, 2.24) is 5.32 Å². The summed E-state index contributed by atoms with van der Waals surface area (Å²) >= 11 is 0. The Morgan fingerprint density at radius 1 is 1.40 bits per heavy atom. The fourth-order valence-corrected chi connectivity index (χ4v) is 2.39. The standard InChI is InChI=1S/C16H24N2O2/c1-13(17-12-16(20)9-6-10-16)11-15(19)18(2)14-7-4-3-5-8-14/h3-5,7-8,13,17,20H,6,9-12H2,1-2H3. The normalized spacial score (nSPS) is 18.1. The SMILES string of the molecule is CC(CC(=O)N(C)c1ccccc1)NCC1(O)CCC1. The van der Waals surface area contributed by atoms with Gasteiger partial charge in [-0.25, -0.2) is 0 Å². The molecule has 1 unspecified atom stereocenters. The minimum atomic E-state index is -0.539. The third-order valence-electron chi connectivity index (χ3n) is 4.06. The van der Waals surface area contributed by atoms with E-state index in [0.717, 1.165) is 24.9 Å². The zero-order chi connectivity index (χ0) is 14.6. The second kappa shape index (κ2) is 6.37. The molecule has 0 aliphatic heterocycles. The van der Waals surface area contributed by atoms with Gasteiger partial charge in [0.1, 0.15) is 0 Å². The van der Waals surface area contributed by atoms with E-state index in [1.54, 1.807) is 11.9 Å². The van der Waals surface area contributed by atoms with Crippen molar-refractivity contribution >= 4 is 11.6 Å². The Bertz CT molecular complexity index is 443. The number of aliphatic hydroxyl groups is 1. The second-order valence-electron chi connectivity index (χ2n) is 5.85. The molecule has 4 nitrogen and oxygen atoms in total. The molecule has 0 radical (unpaired) electrons. The van der Waals surface area contributed by atoms with Crippen LogP contribution in [0.3, 0.4) is 0 Å². The molecule has 2 N–H and O–H groups in total. The molecule has 1 amide bonds. The zero-order valence-electron chi connectivity index (χ0n) is 12.3. The van der Waals surface area contributed by atoms with Crippen molar-refractivity contribution in [2.45, 2.75) is 44.2 Å². The van der Waals surface area contributed by atoms with Gasteiger partial charge in [-0.05, 0) is 38.3 Å². The number of nitrogens with zero attached hydrogens (tertiary/aromatic N) is 1. The molecule has 1 aliphatic rings. The Morgan fingerprint density at radius 3 is 2.60 bits per heavy atom. The van der Waals surface area contributed by atoms with E-state index in [1.807, 2.05) is 37.3 Å². The quantitative estimate of drug-likeness (QED) is 0.835. The third-order valence-corrected chi connectivity index (χ3v) is 4.06. The number of amides is 1. The lowest BCUT2D eigenvalue weighted by molar-refractivity contribution is -0.118. The van der Waals surface area contributed by atoms with Crippen LogP contribution in [0.1, 0.15) is 32.6 Å². The van der Waals surface area contributed by atoms with Crippen molar-refractivity contribution in [3.8, 4) is 0 Å². The highest BCUT2D eigenvalue weighted by Gasteiger charge is 2.34. The van der Waals surface area contributed by atoms with Crippen molar-refractivity contribution in [3.63, 3.8) is 0 Å².